The largest absolute Gasteiger partial charge is 0.482 e. The van der Waals surface area contributed by atoms with Crippen LogP contribution in [0.25, 0.3) is 0 Å². The van der Waals surface area contributed by atoms with Gasteiger partial charge in [0.15, 0.2) is 13.2 Å². The minimum Gasteiger partial charge on any atom is -0.482 e. The van der Waals surface area contributed by atoms with Crippen molar-refractivity contribution in [3.63, 3.8) is 0 Å². The zero-order chi connectivity index (χ0) is 18.1. The summed E-state index contributed by atoms with van der Waals surface area (Å²) in [6, 6.07) is 9.01. The standard InChI is InChI=1S/C16H15ClN2O6/c17-11-3-5-12(6-4-11)24-10-15(21)25-9-14(20)19-16(22)18-8-13-2-1-7-23-13/h1-7H,8-10H2,(H2,18,19,20,22). The summed E-state index contributed by atoms with van der Waals surface area (Å²) in [7, 11) is 0. The van der Waals surface area contributed by atoms with Crippen LogP contribution >= 0.6 is 11.6 Å². The molecule has 0 saturated carbocycles. The predicted molar refractivity (Wildman–Crippen MR) is 87.0 cm³/mol. The molecule has 0 saturated heterocycles. The van der Waals surface area contributed by atoms with Crippen molar-refractivity contribution in [2.75, 3.05) is 13.2 Å². The van der Waals surface area contributed by atoms with Crippen LogP contribution < -0.4 is 15.4 Å². The second-order valence-electron chi connectivity index (χ2n) is 4.71. The number of esters is 1. The van der Waals surface area contributed by atoms with Crippen LogP contribution in [0.2, 0.25) is 5.02 Å². The molecule has 0 unspecified atom stereocenters. The Labute approximate surface area is 148 Å². The number of imide groups is 1. The molecular weight excluding hydrogens is 352 g/mol. The van der Waals surface area contributed by atoms with E-state index in [1.807, 2.05) is 5.32 Å². The second-order valence-corrected chi connectivity index (χ2v) is 5.15. The maximum Gasteiger partial charge on any atom is 0.344 e. The zero-order valence-corrected chi connectivity index (χ0v) is 13.7. The van der Waals surface area contributed by atoms with E-state index in [2.05, 4.69) is 5.32 Å². The van der Waals surface area contributed by atoms with Gasteiger partial charge in [-0.05, 0) is 36.4 Å². The van der Waals surface area contributed by atoms with E-state index in [1.54, 1.807) is 36.4 Å². The molecule has 1 aromatic heterocycles. The number of furan rings is 1. The molecule has 0 spiro atoms. The van der Waals surface area contributed by atoms with E-state index >= 15 is 0 Å². The van der Waals surface area contributed by atoms with Crippen LogP contribution in [0.3, 0.4) is 0 Å². The third-order valence-corrected chi connectivity index (χ3v) is 3.04. The molecule has 1 heterocycles. The summed E-state index contributed by atoms with van der Waals surface area (Å²) in [4.78, 5) is 34.5. The highest BCUT2D eigenvalue weighted by atomic mass is 35.5. The minimum absolute atomic E-state index is 0.126. The molecule has 2 rings (SSSR count). The molecule has 0 aliphatic heterocycles. The van der Waals surface area contributed by atoms with Crippen LogP contribution in [0.4, 0.5) is 4.79 Å². The number of benzene rings is 1. The van der Waals surface area contributed by atoms with E-state index in [-0.39, 0.29) is 13.2 Å². The molecule has 0 atom stereocenters. The first-order valence-corrected chi connectivity index (χ1v) is 7.55. The van der Waals surface area contributed by atoms with Crippen LogP contribution in [0.1, 0.15) is 5.76 Å². The van der Waals surface area contributed by atoms with Crippen molar-refractivity contribution in [2.24, 2.45) is 0 Å². The lowest BCUT2D eigenvalue weighted by Gasteiger charge is -2.08. The maximum atomic E-state index is 11.5. The van der Waals surface area contributed by atoms with Crippen molar-refractivity contribution in [1.82, 2.24) is 10.6 Å². The molecule has 0 fully saturated rings. The second kappa shape index (κ2) is 9.33. The average Bonchev–Trinajstić information content (AvgIpc) is 3.11. The number of rotatable bonds is 7. The van der Waals surface area contributed by atoms with Crippen LogP contribution in [0, 0.1) is 0 Å². The quantitative estimate of drug-likeness (QED) is 0.724. The van der Waals surface area contributed by atoms with Crippen molar-refractivity contribution < 1.29 is 28.3 Å². The number of hydrogen-bond acceptors (Lipinski definition) is 6. The summed E-state index contributed by atoms with van der Waals surface area (Å²) in [5.41, 5.74) is 0. The summed E-state index contributed by atoms with van der Waals surface area (Å²) in [5, 5.41) is 4.97. The molecule has 0 aliphatic rings. The number of ether oxygens (including phenoxy) is 2. The fraction of sp³-hybridized carbons (Fsp3) is 0.188. The SMILES string of the molecule is O=C(COC(=O)COc1ccc(Cl)cc1)NC(=O)NCc1ccco1. The molecule has 132 valence electrons. The van der Waals surface area contributed by atoms with Gasteiger partial charge in [0.25, 0.3) is 5.91 Å². The average molecular weight is 367 g/mol. The Hall–Kier alpha value is -3.00. The number of amides is 3. The van der Waals surface area contributed by atoms with Crippen molar-refractivity contribution >= 4 is 29.5 Å². The number of halogens is 1. The molecule has 0 radical (unpaired) electrons. The van der Waals surface area contributed by atoms with Gasteiger partial charge in [-0.2, -0.15) is 0 Å². The Morgan fingerprint density at radius 1 is 1.08 bits per heavy atom. The highest BCUT2D eigenvalue weighted by Crippen LogP contribution is 2.15. The van der Waals surface area contributed by atoms with Gasteiger partial charge in [0, 0.05) is 5.02 Å². The van der Waals surface area contributed by atoms with Gasteiger partial charge in [0.2, 0.25) is 0 Å². The van der Waals surface area contributed by atoms with Gasteiger partial charge in [-0.15, -0.1) is 0 Å². The summed E-state index contributed by atoms with van der Waals surface area (Å²) in [5.74, 6) is -0.547. The summed E-state index contributed by atoms with van der Waals surface area (Å²) in [6.07, 6.45) is 1.46. The molecule has 0 aliphatic carbocycles. The first-order valence-electron chi connectivity index (χ1n) is 7.17. The predicted octanol–water partition coefficient (Wildman–Crippen LogP) is 1.88. The Morgan fingerprint density at radius 2 is 1.84 bits per heavy atom. The van der Waals surface area contributed by atoms with E-state index in [9.17, 15) is 14.4 Å². The smallest absolute Gasteiger partial charge is 0.344 e. The zero-order valence-electron chi connectivity index (χ0n) is 13.0. The fourth-order valence-corrected chi connectivity index (χ4v) is 1.77. The molecule has 3 amide bonds. The first-order chi connectivity index (χ1) is 12.0. The highest BCUT2D eigenvalue weighted by Gasteiger charge is 2.11. The monoisotopic (exact) mass is 366 g/mol. The van der Waals surface area contributed by atoms with Crippen LogP contribution in [-0.2, 0) is 20.9 Å². The third-order valence-electron chi connectivity index (χ3n) is 2.79. The number of carbonyl (C=O) groups is 3. The lowest BCUT2D eigenvalue weighted by atomic mass is 10.3. The Kier molecular flexibility index (Phi) is 6.85. The fourth-order valence-electron chi connectivity index (χ4n) is 1.65. The van der Waals surface area contributed by atoms with Crippen molar-refractivity contribution in [1.29, 1.82) is 0 Å². The summed E-state index contributed by atoms with van der Waals surface area (Å²) < 4.78 is 14.9. The Bertz CT molecular complexity index is 715. The molecule has 0 bridgehead atoms. The normalized spacial score (nSPS) is 9.96. The van der Waals surface area contributed by atoms with E-state index in [0.717, 1.165) is 0 Å². The lowest BCUT2D eigenvalue weighted by molar-refractivity contribution is -0.150. The third kappa shape index (κ3) is 6.96. The molecule has 2 N–H and O–H groups in total. The van der Waals surface area contributed by atoms with Gasteiger partial charge in [0.05, 0.1) is 12.8 Å². The summed E-state index contributed by atoms with van der Waals surface area (Å²) in [6.45, 7) is -0.850. The van der Waals surface area contributed by atoms with Crippen molar-refractivity contribution in [3.05, 3.63) is 53.4 Å². The van der Waals surface area contributed by atoms with Gasteiger partial charge in [-0.1, -0.05) is 11.6 Å². The first kappa shape index (κ1) is 18.3. The molecule has 2 aromatic rings. The Balaban J connectivity index is 1.60. The van der Waals surface area contributed by atoms with E-state index in [4.69, 9.17) is 25.5 Å². The van der Waals surface area contributed by atoms with E-state index in [0.29, 0.717) is 16.5 Å². The number of carbonyl (C=O) groups excluding carboxylic acids is 3. The van der Waals surface area contributed by atoms with Gasteiger partial charge < -0.3 is 19.2 Å². The van der Waals surface area contributed by atoms with Gasteiger partial charge in [-0.3, -0.25) is 10.1 Å². The van der Waals surface area contributed by atoms with Crippen molar-refractivity contribution in [2.45, 2.75) is 6.54 Å². The molecule has 9 heteroatoms. The molecular formula is C16H15ClN2O6. The maximum absolute atomic E-state index is 11.5. The lowest BCUT2D eigenvalue weighted by Crippen LogP contribution is -2.41. The minimum atomic E-state index is -0.767. The van der Waals surface area contributed by atoms with Crippen LogP contribution in [-0.4, -0.2) is 31.1 Å². The van der Waals surface area contributed by atoms with Crippen LogP contribution in [0.15, 0.2) is 47.1 Å². The van der Waals surface area contributed by atoms with E-state index in [1.165, 1.54) is 6.26 Å². The molecule has 25 heavy (non-hydrogen) atoms. The van der Waals surface area contributed by atoms with Crippen molar-refractivity contribution in [3.8, 4) is 5.75 Å². The van der Waals surface area contributed by atoms with Gasteiger partial charge >= 0.3 is 12.0 Å². The Morgan fingerprint density at radius 3 is 2.52 bits per heavy atom. The summed E-state index contributed by atoms with van der Waals surface area (Å²) >= 11 is 5.72. The van der Waals surface area contributed by atoms with Gasteiger partial charge in [-0.25, -0.2) is 9.59 Å². The van der Waals surface area contributed by atoms with Crippen LogP contribution in [0.5, 0.6) is 5.75 Å². The van der Waals surface area contributed by atoms with Gasteiger partial charge in [0.1, 0.15) is 11.5 Å². The number of urea groups is 1. The molecule has 8 nitrogen and oxygen atoms in total. The highest BCUT2D eigenvalue weighted by molar-refractivity contribution is 6.30. The number of hydrogen-bond donors (Lipinski definition) is 2. The van der Waals surface area contributed by atoms with E-state index < -0.39 is 24.5 Å². The number of nitrogens with one attached hydrogen (secondary N) is 2. The topological polar surface area (TPSA) is 107 Å². The molecule has 1 aromatic carbocycles.